The van der Waals surface area contributed by atoms with Gasteiger partial charge in [-0.2, -0.15) is 0 Å². The maximum Gasteiger partial charge on any atom is 0.338 e. The number of amides is 1. The predicted octanol–water partition coefficient (Wildman–Crippen LogP) is 7.30. The van der Waals surface area contributed by atoms with Gasteiger partial charge >= 0.3 is 5.97 Å². The van der Waals surface area contributed by atoms with Gasteiger partial charge in [0.2, 0.25) is 0 Å². The number of carbonyl (C=O) groups excluding carboxylic acids is 2. The molecule has 0 aromatic heterocycles. The molecule has 35 heavy (non-hydrogen) atoms. The summed E-state index contributed by atoms with van der Waals surface area (Å²) in [5.41, 5.74) is 2.97. The molecule has 0 N–H and O–H groups in total. The van der Waals surface area contributed by atoms with E-state index >= 15 is 0 Å². The second-order valence-corrected chi connectivity index (χ2v) is 8.99. The third-order valence-electron chi connectivity index (χ3n) is 5.76. The van der Waals surface area contributed by atoms with Crippen LogP contribution in [-0.4, -0.2) is 25.1 Å². The summed E-state index contributed by atoms with van der Waals surface area (Å²) in [4.78, 5) is 26.9. The first-order chi connectivity index (χ1) is 16.8. The molecule has 0 aliphatic heterocycles. The summed E-state index contributed by atoms with van der Waals surface area (Å²) in [7, 11) is 0. The molecular formula is C28H29Cl2NO4. The number of halogens is 2. The molecule has 1 atom stereocenters. The highest BCUT2D eigenvalue weighted by atomic mass is 35.5. The molecule has 0 radical (unpaired) electrons. The zero-order valence-corrected chi connectivity index (χ0v) is 21.6. The predicted molar refractivity (Wildman–Crippen MR) is 141 cm³/mol. The van der Waals surface area contributed by atoms with Gasteiger partial charge in [0.05, 0.1) is 18.7 Å². The first-order valence-electron chi connectivity index (χ1n) is 11.6. The number of esters is 1. The monoisotopic (exact) mass is 513 g/mol. The molecule has 1 amide bonds. The number of carbonyl (C=O) groups is 2. The largest absolute Gasteiger partial charge is 0.484 e. The summed E-state index contributed by atoms with van der Waals surface area (Å²) in [6, 6.07) is 19.6. The fourth-order valence-electron chi connectivity index (χ4n) is 3.49. The minimum Gasteiger partial charge on any atom is -0.484 e. The second kappa shape index (κ2) is 12.6. The zero-order chi connectivity index (χ0) is 25.4. The number of benzene rings is 3. The molecule has 3 aromatic carbocycles. The molecule has 184 valence electrons. The van der Waals surface area contributed by atoms with Crippen LogP contribution in [0.2, 0.25) is 10.0 Å². The molecule has 0 aliphatic rings. The normalized spacial score (nSPS) is 11.6. The number of nitrogens with zero attached hydrogens (tertiary/aromatic N) is 1. The van der Waals surface area contributed by atoms with Crippen molar-refractivity contribution in [3.63, 3.8) is 0 Å². The van der Waals surface area contributed by atoms with E-state index in [0.717, 1.165) is 12.0 Å². The van der Waals surface area contributed by atoms with Gasteiger partial charge in [-0.3, -0.25) is 4.79 Å². The fourth-order valence-corrected chi connectivity index (χ4v) is 3.96. The standard InChI is InChI=1S/C28H29Cl2NO4/c1-4-19(3)20-9-14-25(15-10-20)35-18-27(32)31(17-22-6-11-23(29)16-26(22)30)24-12-7-21(8-13-24)28(33)34-5-2/h6-16,19H,4-5,17-18H2,1-3H3. The second-order valence-electron chi connectivity index (χ2n) is 8.15. The summed E-state index contributed by atoms with van der Waals surface area (Å²) < 4.78 is 10.8. The van der Waals surface area contributed by atoms with E-state index in [1.54, 1.807) is 54.3 Å². The Bertz CT molecular complexity index is 1150. The van der Waals surface area contributed by atoms with E-state index in [-0.39, 0.29) is 25.7 Å². The fraction of sp³-hybridized carbons (Fsp3) is 0.286. The van der Waals surface area contributed by atoms with Crippen LogP contribution >= 0.6 is 23.2 Å². The van der Waals surface area contributed by atoms with Crippen molar-refractivity contribution in [3.05, 3.63) is 93.5 Å². The molecule has 3 rings (SSSR count). The number of hydrogen-bond acceptors (Lipinski definition) is 4. The molecule has 0 heterocycles. The maximum atomic E-state index is 13.3. The van der Waals surface area contributed by atoms with E-state index < -0.39 is 5.97 Å². The van der Waals surface area contributed by atoms with Crippen molar-refractivity contribution in [2.75, 3.05) is 18.1 Å². The lowest BCUT2D eigenvalue weighted by atomic mass is 9.99. The number of anilines is 1. The van der Waals surface area contributed by atoms with Gasteiger partial charge in [-0.1, -0.05) is 55.2 Å². The topological polar surface area (TPSA) is 55.8 Å². The van der Waals surface area contributed by atoms with Crippen LogP contribution < -0.4 is 9.64 Å². The SMILES string of the molecule is CCOC(=O)c1ccc(N(Cc2ccc(Cl)cc2Cl)C(=O)COc2ccc(C(C)CC)cc2)cc1. The highest BCUT2D eigenvalue weighted by Gasteiger charge is 2.19. The summed E-state index contributed by atoms with van der Waals surface area (Å²) in [6.45, 7) is 6.41. The Hall–Kier alpha value is -3.02. The van der Waals surface area contributed by atoms with E-state index in [9.17, 15) is 9.59 Å². The van der Waals surface area contributed by atoms with E-state index in [2.05, 4.69) is 13.8 Å². The molecular weight excluding hydrogens is 485 g/mol. The lowest BCUT2D eigenvalue weighted by Crippen LogP contribution is -2.34. The molecule has 7 heteroatoms. The minimum atomic E-state index is -0.415. The summed E-state index contributed by atoms with van der Waals surface area (Å²) in [6.07, 6.45) is 1.05. The highest BCUT2D eigenvalue weighted by molar-refractivity contribution is 6.35. The molecule has 0 fully saturated rings. The summed E-state index contributed by atoms with van der Waals surface area (Å²) >= 11 is 12.4. The van der Waals surface area contributed by atoms with Gasteiger partial charge in [-0.05, 0) is 78.9 Å². The molecule has 0 spiro atoms. The third-order valence-corrected chi connectivity index (χ3v) is 6.35. The van der Waals surface area contributed by atoms with Crippen LogP contribution in [0.4, 0.5) is 5.69 Å². The Kier molecular flexibility index (Phi) is 9.58. The average molecular weight is 514 g/mol. The quantitative estimate of drug-likeness (QED) is 0.267. The van der Waals surface area contributed by atoms with Crippen LogP contribution in [0.25, 0.3) is 0 Å². The van der Waals surface area contributed by atoms with Gasteiger partial charge in [-0.15, -0.1) is 0 Å². The van der Waals surface area contributed by atoms with Crippen molar-refractivity contribution >= 4 is 40.8 Å². The van der Waals surface area contributed by atoms with Crippen molar-refractivity contribution < 1.29 is 19.1 Å². The van der Waals surface area contributed by atoms with Gasteiger partial charge in [0.1, 0.15) is 5.75 Å². The van der Waals surface area contributed by atoms with Crippen LogP contribution in [0.1, 0.15) is 54.6 Å². The molecule has 0 bridgehead atoms. The van der Waals surface area contributed by atoms with E-state index in [0.29, 0.717) is 33.0 Å². The van der Waals surface area contributed by atoms with E-state index in [1.807, 2.05) is 24.3 Å². The van der Waals surface area contributed by atoms with Crippen molar-refractivity contribution in [1.29, 1.82) is 0 Å². The maximum absolute atomic E-state index is 13.3. The smallest absolute Gasteiger partial charge is 0.338 e. The first kappa shape index (κ1) is 26.6. The Labute approximate surface area is 216 Å². The van der Waals surface area contributed by atoms with Gasteiger partial charge in [-0.25, -0.2) is 4.79 Å². The number of rotatable bonds is 10. The van der Waals surface area contributed by atoms with Gasteiger partial charge < -0.3 is 14.4 Å². The van der Waals surface area contributed by atoms with E-state index in [4.69, 9.17) is 32.7 Å². The summed E-state index contributed by atoms with van der Waals surface area (Å²) in [5.74, 6) is 0.406. The van der Waals surface area contributed by atoms with Crippen LogP contribution in [0.5, 0.6) is 5.75 Å². The lowest BCUT2D eigenvalue weighted by molar-refractivity contribution is -0.120. The van der Waals surface area contributed by atoms with Gasteiger partial charge in [0.25, 0.3) is 5.91 Å². The zero-order valence-electron chi connectivity index (χ0n) is 20.1. The average Bonchev–Trinajstić information content (AvgIpc) is 2.87. The summed E-state index contributed by atoms with van der Waals surface area (Å²) in [5, 5.41) is 0.972. The van der Waals surface area contributed by atoms with Gasteiger partial charge in [0, 0.05) is 15.7 Å². The molecule has 5 nitrogen and oxygen atoms in total. The van der Waals surface area contributed by atoms with Crippen molar-refractivity contribution in [1.82, 2.24) is 0 Å². The Morgan fingerprint density at radius 1 is 0.943 bits per heavy atom. The van der Waals surface area contributed by atoms with Crippen LogP contribution in [-0.2, 0) is 16.1 Å². The first-order valence-corrected chi connectivity index (χ1v) is 12.3. The number of ether oxygens (including phenoxy) is 2. The Balaban J connectivity index is 1.80. The molecule has 0 aliphatic carbocycles. The molecule has 3 aromatic rings. The Morgan fingerprint density at radius 3 is 2.23 bits per heavy atom. The van der Waals surface area contributed by atoms with E-state index in [1.165, 1.54) is 5.56 Å². The molecule has 1 unspecified atom stereocenters. The van der Waals surface area contributed by atoms with Crippen molar-refractivity contribution in [3.8, 4) is 5.75 Å². The highest BCUT2D eigenvalue weighted by Crippen LogP contribution is 2.26. The van der Waals surface area contributed by atoms with Gasteiger partial charge in [0.15, 0.2) is 6.61 Å². The van der Waals surface area contributed by atoms with Crippen molar-refractivity contribution in [2.45, 2.75) is 39.7 Å². The number of hydrogen-bond donors (Lipinski definition) is 0. The van der Waals surface area contributed by atoms with Crippen LogP contribution in [0.3, 0.4) is 0 Å². The molecule has 0 saturated heterocycles. The van der Waals surface area contributed by atoms with Crippen molar-refractivity contribution in [2.24, 2.45) is 0 Å². The Morgan fingerprint density at radius 2 is 1.63 bits per heavy atom. The third kappa shape index (κ3) is 7.23. The molecule has 0 saturated carbocycles. The lowest BCUT2D eigenvalue weighted by Gasteiger charge is -2.24. The van der Waals surface area contributed by atoms with Crippen LogP contribution in [0.15, 0.2) is 66.7 Å². The van der Waals surface area contributed by atoms with Crippen LogP contribution in [0, 0.1) is 0 Å². The minimum absolute atomic E-state index is 0.159.